The predicted octanol–water partition coefficient (Wildman–Crippen LogP) is 1.24. The van der Waals surface area contributed by atoms with Crippen LogP contribution in [0.1, 0.15) is 12.8 Å². The third-order valence-electron chi connectivity index (χ3n) is 0.519. The molecule has 0 heteroatoms. The van der Waals surface area contributed by atoms with E-state index in [2.05, 4.69) is 24.7 Å². The van der Waals surface area contributed by atoms with E-state index in [9.17, 15) is 0 Å². The van der Waals surface area contributed by atoms with Gasteiger partial charge in [-0.2, -0.15) is 0 Å². The summed E-state index contributed by atoms with van der Waals surface area (Å²) in [5, 5.41) is 0. The Hall–Kier alpha value is -0.880. The first kappa shape index (κ1) is 6.12. The molecule has 0 aromatic heterocycles. The van der Waals surface area contributed by atoms with Crippen molar-refractivity contribution < 1.29 is 0 Å². The molecule has 0 aliphatic carbocycles. The molecule has 0 aliphatic heterocycles. The Labute approximate surface area is 44.9 Å². The number of unbranched alkanes of at least 4 members (excludes halogenated alkanes) is 1. The Morgan fingerprint density at radius 2 is 2.14 bits per heavy atom. The lowest BCUT2D eigenvalue weighted by atomic mass is 10.3. The zero-order valence-electron chi connectivity index (χ0n) is 4.20. The third-order valence-corrected chi connectivity index (χ3v) is 0.519. The van der Waals surface area contributed by atoms with E-state index < -0.39 is 0 Å². The fourth-order valence-corrected chi connectivity index (χ4v) is 0.223. The van der Waals surface area contributed by atoms with Gasteiger partial charge in [0, 0.05) is 19.8 Å². The Morgan fingerprint density at radius 3 is 2.57 bits per heavy atom. The van der Waals surface area contributed by atoms with Gasteiger partial charge in [-0.15, -0.1) is 24.2 Å². The predicted molar refractivity (Wildman–Crippen MR) is 31.2 cm³/mol. The highest BCUT2D eigenvalue weighted by molar-refractivity contribution is 5.03. The maximum atomic E-state index is 4.93. The standard InChI is InChI=1S/C7H7/c1-3-5-7-6-4-2/h1H,2,5,7H2. The number of rotatable bonds is 1. The Bertz CT molecular complexity index is 115. The molecule has 1 radical (unpaired) electrons. The molecule has 0 aromatic rings. The number of hydrogen-bond donors (Lipinski definition) is 0. The first-order valence-electron chi connectivity index (χ1n) is 2.10. The Balaban J connectivity index is 2.98. The second-order valence-corrected chi connectivity index (χ2v) is 1.06. The van der Waals surface area contributed by atoms with Crippen LogP contribution in [0.3, 0.4) is 0 Å². The molecule has 0 nitrogen and oxygen atoms in total. The fraction of sp³-hybridized carbons (Fsp3) is 0.286. The third kappa shape index (κ3) is 5.12. The van der Waals surface area contributed by atoms with Crippen molar-refractivity contribution in [3.8, 4) is 24.2 Å². The van der Waals surface area contributed by atoms with Gasteiger partial charge in [-0.05, 0) is 0 Å². The lowest BCUT2D eigenvalue weighted by molar-refractivity contribution is 1.12. The summed E-state index contributed by atoms with van der Waals surface area (Å²) < 4.78 is 0. The molecular weight excluding hydrogens is 84.1 g/mol. The summed E-state index contributed by atoms with van der Waals surface area (Å²) in [6.45, 7) is 3.33. The molecule has 0 unspecified atom stereocenters. The van der Waals surface area contributed by atoms with Gasteiger partial charge in [0.1, 0.15) is 0 Å². The van der Waals surface area contributed by atoms with Crippen molar-refractivity contribution >= 4 is 0 Å². The summed E-state index contributed by atoms with van der Waals surface area (Å²) in [6.07, 6.45) is 6.45. The molecule has 0 N–H and O–H groups in total. The van der Waals surface area contributed by atoms with Crippen molar-refractivity contribution in [2.45, 2.75) is 12.8 Å². The van der Waals surface area contributed by atoms with Crippen LogP contribution in [-0.4, -0.2) is 0 Å². The molecule has 35 valence electrons. The summed E-state index contributed by atoms with van der Waals surface area (Å²) in [5.74, 6) is 7.72. The van der Waals surface area contributed by atoms with E-state index in [0.29, 0.717) is 0 Å². The summed E-state index contributed by atoms with van der Waals surface area (Å²) >= 11 is 0. The average Bonchev–Trinajstić information content (AvgIpc) is 1.69. The number of hydrogen-bond acceptors (Lipinski definition) is 0. The highest BCUT2D eigenvalue weighted by atomic mass is 13.7. The average molecular weight is 91.1 g/mol. The van der Waals surface area contributed by atoms with Gasteiger partial charge < -0.3 is 0 Å². The molecule has 0 heterocycles. The monoisotopic (exact) mass is 91.1 g/mol. The van der Waals surface area contributed by atoms with Crippen LogP contribution < -0.4 is 0 Å². The van der Waals surface area contributed by atoms with Gasteiger partial charge in [0.05, 0.1) is 0 Å². The second kappa shape index (κ2) is 5.12. The van der Waals surface area contributed by atoms with Crippen LogP contribution in [0.4, 0.5) is 0 Å². The minimum absolute atomic E-state index is 0.739. The topological polar surface area (TPSA) is 0 Å². The smallest absolute Gasteiger partial charge is 0.0198 e. The zero-order chi connectivity index (χ0) is 5.54. The molecule has 0 atom stereocenters. The molecular formula is C7H7. The molecule has 0 rings (SSSR count). The normalized spacial score (nSPS) is 5.71. The van der Waals surface area contributed by atoms with E-state index in [1.807, 2.05) is 0 Å². The van der Waals surface area contributed by atoms with E-state index in [0.717, 1.165) is 12.8 Å². The summed E-state index contributed by atoms with van der Waals surface area (Å²) in [7, 11) is 0. The molecule has 0 aromatic carbocycles. The first-order chi connectivity index (χ1) is 3.41. The van der Waals surface area contributed by atoms with Gasteiger partial charge in [0.25, 0.3) is 0 Å². The highest BCUT2D eigenvalue weighted by Crippen LogP contribution is 1.79. The van der Waals surface area contributed by atoms with Crippen LogP contribution >= 0.6 is 0 Å². The molecule has 0 spiro atoms. The van der Waals surface area contributed by atoms with E-state index in [-0.39, 0.29) is 0 Å². The van der Waals surface area contributed by atoms with E-state index in [4.69, 9.17) is 6.42 Å². The highest BCUT2D eigenvalue weighted by Gasteiger charge is 1.67. The maximum absolute atomic E-state index is 4.93. The lowest BCUT2D eigenvalue weighted by Crippen LogP contribution is -1.60. The van der Waals surface area contributed by atoms with Crippen molar-refractivity contribution in [2.24, 2.45) is 0 Å². The SMILES string of the molecule is C#CCCC#C[CH2]. The van der Waals surface area contributed by atoms with Crippen molar-refractivity contribution in [1.82, 2.24) is 0 Å². The van der Waals surface area contributed by atoms with Crippen LogP contribution in [0, 0.1) is 31.1 Å². The summed E-state index contributed by atoms with van der Waals surface area (Å²) in [6, 6.07) is 0. The number of terminal acetylenes is 1. The molecule has 0 fully saturated rings. The van der Waals surface area contributed by atoms with Crippen LogP contribution in [0.2, 0.25) is 0 Å². The first-order valence-corrected chi connectivity index (χ1v) is 2.10. The molecule has 0 aliphatic rings. The van der Waals surface area contributed by atoms with Crippen LogP contribution in [0.25, 0.3) is 0 Å². The fourth-order valence-electron chi connectivity index (χ4n) is 0.223. The van der Waals surface area contributed by atoms with Gasteiger partial charge in [0.15, 0.2) is 0 Å². The maximum Gasteiger partial charge on any atom is 0.0198 e. The van der Waals surface area contributed by atoms with Gasteiger partial charge in [-0.25, -0.2) is 0 Å². The molecule has 0 saturated carbocycles. The zero-order valence-corrected chi connectivity index (χ0v) is 4.20. The minimum Gasteiger partial charge on any atom is -0.120 e. The quantitative estimate of drug-likeness (QED) is 0.336. The van der Waals surface area contributed by atoms with Crippen molar-refractivity contribution in [1.29, 1.82) is 0 Å². The van der Waals surface area contributed by atoms with Crippen LogP contribution in [0.5, 0.6) is 0 Å². The van der Waals surface area contributed by atoms with Crippen molar-refractivity contribution in [2.75, 3.05) is 0 Å². The van der Waals surface area contributed by atoms with E-state index in [1.54, 1.807) is 0 Å². The van der Waals surface area contributed by atoms with Gasteiger partial charge in [-0.1, -0.05) is 0 Å². The molecule has 0 amide bonds. The Morgan fingerprint density at radius 1 is 1.43 bits per heavy atom. The van der Waals surface area contributed by atoms with E-state index >= 15 is 0 Å². The van der Waals surface area contributed by atoms with Gasteiger partial charge in [0.2, 0.25) is 0 Å². The second-order valence-electron chi connectivity index (χ2n) is 1.06. The summed E-state index contributed by atoms with van der Waals surface area (Å²) in [5.41, 5.74) is 0. The van der Waals surface area contributed by atoms with Crippen LogP contribution in [0.15, 0.2) is 0 Å². The van der Waals surface area contributed by atoms with E-state index in [1.165, 1.54) is 0 Å². The van der Waals surface area contributed by atoms with Crippen molar-refractivity contribution in [3.63, 3.8) is 0 Å². The Kier molecular flexibility index (Phi) is 4.48. The molecule has 7 heavy (non-hydrogen) atoms. The summed E-state index contributed by atoms with van der Waals surface area (Å²) in [4.78, 5) is 0. The van der Waals surface area contributed by atoms with Gasteiger partial charge >= 0.3 is 0 Å². The van der Waals surface area contributed by atoms with Crippen molar-refractivity contribution in [3.05, 3.63) is 6.92 Å². The lowest BCUT2D eigenvalue weighted by Gasteiger charge is -1.72. The molecule has 0 bridgehead atoms. The van der Waals surface area contributed by atoms with Crippen LogP contribution in [-0.2, 0) is 0 Å². The molecule has 0 saturated heterocycles. The van der Waals surface area contributed by atoms with Gasteiger partial charge in [-0.3, -0.25) is 0 Å². The largest absolute Gasteiger partial charge is 0.120 e. The minimum atomic E-state index is 0.739.